The first-order chi connectivity index (χ1) is 9.54. The van der Waals surface area contributed by atoms with Crippen LogP contribution in [0, 0.1) is 5.41 Å². The van der Waals surface area contributed by atoms with Gasteiger partial charge in [0.1, 0.15) is 6.04 Å². The molecule has 0 bridgehead atoms. The molecule has 0 aromatic heterocycles. The highest BCUT2D eigenvalue weighted by atomic mass is 16.4. The quantitative estimate of drug-likeness (QED) is 0.136. The highest BCUT2D eigenvalue weighted by Gasteiger charge is 2.09. The van der Waals surface area contributed by atoms with Crippen LogP contribution in [-0.2, 0) is 4.79 Å². The lowest BCUT2D eigenvalue weighted by molar-refractivity contribution is -0.138. The van der Waals surface area contributed by atoms with Crippen molar-refractivity contribution in [2.75, 3.05) is 13.6 Å². The Morgan fingerprint density at radius 1 is 1.14 bits per heavy atom. The zero-order valence-electron chi connectivity index (χ0n) is 12.0. The maximum atomic E-state index is 10.2. The molecule has 0 saturated heterocycles. The third kappa shape index (κ3) is 38.2. The fourth-order valence-corrected chi connectivity index (χ4v) is 0.643. The van der Waals surface area contributed by atoms with E-state index in [1.807, 2.05) is 0 Å². The largest absolute Gasteiger partial charge is 0.480 e. The van der Waals surface area contributed by atoms with Crippen molar-refractivity contribution in [2.45, 2.75) is 18.9 Å². The van der Waals surface area contributed by atoms with Gasteiger partial charge in [-0.1, -0.05) is 0 Å². The number of nitrogens with zero attached hydrogens (tertiary/aromatic N) is 2. The third-order valence-electron chi connectivity index (χ3n) is 1.54. The molecule has 12 nitrogen and oxygen atoms in total. The van der Waals surface area contributed by atoms with Gasteiger partial charge in [0.2, 0.25) is 0 Å². The van der Waals surface area contributed by atoms with Crippen LogP contribution in [0.4, 0.5) is 0 Å². The van der Waals surface area contributed by atoms with Gasteiger partial charge in [-0.2, -0.15) is 0 Å². The average Bonchev–Trinajstić information content (AvgIpc) is 2.33. The molecule has 0 amide bonds. The summed E-state index contributed by atoms with van der Waals surface area (Å²) in [5.41, 5.74) is 33.9. The van der Waals surface area contributed by atoms with Crippen LogP contribution in [0.25, 0.3) is 0 Å². The minimum atomic E-state index is -1.00. The summed E-state index contributed by atoms with van der Waals surface area (Å²) in [5, 5.41) is 14.4. The first kappa shape index (κ1) is 23.3. The van der Waals surface area contributed by atoms with Gasteiger partial charge in [-0.25, -0.2) is 0 Å². The lowest BCUT2D eigenvalue weighted by Gasteiger charge is -2.03. The van der Waals surface area contributed by atoms with Gasteiger partial charge in [-0.05, 0) is 12.8 Å². The van der Waals surface area contributed by atoms with Crippen LogP contribution in [0.1, 0.15) is 12.8 Å². The molecule has 0 aromatic rings. The Labute approximate surface area is 122 Å². The van der Waals surface area contributed by atoms with Gasteiger partial charge in [-0.15, -0.1) is 0 Å². The van der Waals surface area contributed by atoms with E-state index in [-0.39, 0.29) is 17.9 Å². The second kappa shape index (κ2) is 15.3. The molecule has 0 radical (unpaired) electrons. The van der Waals surface area contributed by atoms with E-state index in [0.29, 0.717) is 19.4 Å². The number of hydrogen-bond donors (Lipinski definition) is 9. The molecule has 0 aliphatic heterocycles. The topological polar surface area (TPSA) is 268 Å². The number of carbonyl (C=O) groups is 1. The maximum Gasteiger partial charge on any atom is 0.320 e. The predicted octanol–water partition coefficient (Wildman–Crippen LogP) is -3.82. The third-order valence-corrected chi connectivity index (χ3v) is 1.54. The van der Waals surface area contributed by atoms with Crippen molar-refractivity contribution in [2.24, 2.45) is 50.1 Å². The second-order valence-corrected chi connectivity index (χ2v) is 3.50. The number of carboxylic acid groups (broad SMARTS) is 1. The molecule has 0 fully saturated rings. The van der Waals surface area contributed by atoms with Crippen LogP contribution >= 0.6 is 0 Å². The molecule has 0 aliphatic rings. The van der Waals surface area contributed by atoms with Crippen LogP contribution in [0.3, 0.4) is 0 Å². The van der Waals surface area contributed by atoms with Crippen molar-refractivity contribution in [1.29, 1.82) is 5.41 Å². The Balaban J connectivity index is -0.000000297. The Morgan fingerprint density at radius 3 is 1.76 bits per heavy atom. The fraction of sp³-hybridized carbons (Fsp3) is 0.556. The van der Waals surface area contributed by atoms with Crippen molar-refractivity contribution < 1.29 is 9.90 Å². The van der Waals surface area contributed by atoms with Crippen LogP contribution in [0.15, 0.2) is 9.98 Å². The summed E-state index contributed by atoms with van der Waals surface area (Å²) in [7, 11) is 1.54. The number of aliphatic carboxylic acids is 1. The lowest BCUT2D eigenvalue weighted by atomic mass is 10.2. The molecule has 0 saturated carbocycles. The summed E-state index contributed by atoms with van der Waals surface area (Å²) in [6.07, 6.45) is 0.956. The molecular formula is C9H26N10O2. The van der Waals surface area contributed by atoms with E-state index in [4.69, 9.17) is 39.2 Å². The summed E-state index contributed by atoms with van der Waals surface area (Å²) in [6, 6.07) is -0.820. The Morgan fingerprint density at radius 2 is 1.52 bits per heavy atom. The van der Waals surface area contributed by atoms with Crippen molar-refractivity contribution in [3.05, 3.63) is 0 Å². The molecule has 16 N–H and O–H groups in total. The molecular weight excluding hydrogens is 280 g/mol. The molecule has 0 heterocycles. The number of nitrogens with one attached hydrogen (secondary N) is 1. The summed E-state index contributed by atoms with van der Waals surface area (Å²) in [4.78, 5) is 17.3. The molecule has 0 aliphatic carbocycles. The lowest BCUT2D eigenvalue weighted by Crippen LogP contribution is -2.30. The van der Waals surface area contributed by atoms with Gasteiger partial charge in [0.25, 0.3) is 0 Å². The molecule has 0 unspecified atom stereocenters. The van der Waals surface area contributed by atoms with Crippen LogP contribution in [0.5, 0.6) is 0 Å². The van der Waals surface area contributed by atoms with E-state index in [0.717, 1.165) is 0 Å². The fourth-order valence-electron chi connectivity index (χ4n) is 0.643. The molecule has 1 atom stereocenters. The first-order valence-electron chi connectivity index (χ1n) is 5.65. The van der Waals surface area contributed by atoms with Gasteiger partial charge in [0.05, 0.1) is 0 Å². The SMILES string of the molecule is CN=C(N)N.N=C(N)N.NC(N)=NCCC[C@H](N)C(=O)O. The van der Waals surface area contributed by atoms with Crippen LogP contribution in [-0.4, -0.2) is 48.6 Å². The highest BCUT2D eigenvalue weighted by molar-refractivity contribution is 5.76. The molecule has 0 spiro atoms. The Kier molecular flexibility index (Phi) is 17.0. The zero-order chi connectivity index (χ0) is 17.4. The molecule has 0 aromatic carbocycles. The number of rotatable bonds is 5. The standard InChI is InChI=1S/C6H14N4O2.C2H7N3.CH5N3/c7-4(5(11)12)2-1-3-10-6(8)9;1-5-2(3)4;2-1(3)4/h4H,1-3,7H2,(H,11,12)(H4,8,9,10);1H3,(H4,3,4,5);(H5,2,3,4)/t4-;;/m0../s1. The van der Waals surface area contributed by atoms with Crippen LogP contribution in [0.2, 0.25) is 0 Å². The molecule has 21 heavy (non-hydrogen) atoms. The molecule has 0 rings (SSSR count). The summed E-state index contributed by atoms with van der Waals surface area (Å²) < 4.78 is 0. The van der Waals surface area contributed by atoms with E-state index in [9.17, 15) is 4.79 Å². The number of carboxylic acids is 1. The van der Waals surface area contributed by atoms with Gasteiger partial charge in [0, 0.05) is 13.6 Å². The number of guanidine groups is 3. The molecule has 124 valence electrons. The molecule has 12 heteroatoms. The number of nitrogens with two attached hydrogens (primary N) is 7. The zero-order valence-corrected chi connectivity index (χ0v) is 12.0. The number of hydrogen-bond acceptors (Lipinski definition) is 5. The minimum Gasteiger partial charge on any atom is -0.480 e. The van der Waals surface area contributed by atoms with E-state index in [1.165, 1.54) is 7.05 Å². The average molecular weight is 306 g/mol. The van der Waals surface area contributed by atoms with Crippen molar-refractivity contribution >= 4 is 23.8 Å². The van der Waals surface area contributed by atoms with E-state index in [1.54, 1.807) is 0 Å². The smallest absolute Gasteiger partial charge is 0.320 e. The normalized spacial score (nSPS) is 9.62. The number of aliphatic imine (C=N–C) groups is 2. The van der Waals surface area contributed by atoms with E-state index < -0.39 is 12.0 Å². The summed E-state index contributed by atoms with van der Waals surface area (Å²) >= 11 is 0. The minimum absolute atomic E-state index is 0.0129. The van der Waals surface area contributed by atoms with Gasteiger partial charge >= 0.3 is 5.97 Å². The summed E-state index contributed by atoms with van der Waals surface area (Å²) in [6.45, 7) is 0.420. The monoisotopic (exact) mass is 306 g/mol. The van der Waals surface area contributed by atoms with Gasteiger partial charge in [0.15, 0.2) is 17.9 Å². The highest BCUT2D eigenvalue weighted by Crippen LogP contribution is 1.94. The van der Waals surface area contributed by atoms with Crippen molar-refractivity contribution in [3.8, 4) is 0 Å². The van der Waals surface area contributed by atoms with Crippen molar-refractivity contribution in [3.63, 3.8) is 0 Å². The van der Waals surface area contributed by atoms with Gasteiger partial charge < -0.3 is 45.2 Å². The second-order valence-electron chi connectivity index (χ2n) is 3.50. The maximum absolute atomic E-state index is 10.2. The van der Waals surface area contributed by atoms with Crippen molar-refractivity contribution in [1.82, 2.24) is 0 Å². The van der Waals surface area contributed by atoms with E-state index >= 15 is 0 Å². The Bertz CT molecular complexity index is 342. The summed E-state index contributed by atoms with van der Waals surface area (Å²) in [5.74, 6) is -1.19. The predicted molar refractivity (Wildman–Crippen MR) is 83.4 cm³/mol. The van der Waals surface area contributed by atoms with E-state index in [2.05, 4.69) is 21.5 Å². The Hall–Kier alpha value is -2.76. The van der Waals surface area contributed by atoms with Crippen LogP contribution < -0.4 is 40.1 Å². The first-order valence-corrected chi connectivity index (χ1v) is 5.65. The van der Waals surface area contributed by atoms with Gasteiger partial charge in [-0.3, -0.25) is 20.2 Å².